The molecule has 0 radical (unpaired) electrons. The van der Waals surface area contributed by atoms with E-state index in [1.807, 2.05) is 12.1 Å². The van der Waals surface area contributed by atoms with Gasteiger partial charge in [-0.1, -0.05) is 38.1 Å². The van der Waals surface area contributed by atoms with Gasteiger partial charge in [0.2, 0.25) is 0 Å². The molecule has 0 aliphatic heterocycles. The van der Waals surface area contributed by atoms with Gasteiger partial charge in [0.15, 0.2) is 0 Å². The monoisotopic (exact) mass is 263 g/mol. The Labute approximate surface area is 116 Å². The van der Waals surface area contributed by atoms with Gasteiger partial charge >= 0.3 is 5.97 Å². The summed E-state index contributed by atoms with van der Waals surface area (Å²) < 4.78 is 0. The average molecular weight is 263 g/mol. The molecule has 1 N–H and O–H groups in total. The third-order valence-corrected chi connectivity index (χ3v) is 3.10. The van der Waals surface area contributed by atoms with E-state index in [-0.39, 0.29) is 6.42 Å². The molecule has 0 saturated carbocycles. The molecule has 0 amide bonds. The Morgan fingerprint density at radius 3 is 2.37 bits per heavy atom. The first-order valence-electron chi connectivity index (χ1n) is 7.17. The maximum atomic E-state index is 10.6. The van der Waals surface area contributed by atoms with E-state index in [1.54, 1.807) is 0 Å². The fourth-order valence-corrected chi connectivity index (χ4v) is 2.30. The first kappa shape index (κ1) is 15.7. The van der Waals surface area contributed by atoms with Crippen LogP contribution < -0.4 is 0 Å². The van der Waals surface area contributed by atoms with E-state index in [2.05, 4.69) is 30.9 Å². The van der Waals surface area contributed by atoms with Gasteiger partial charge in [0.1, 0.15) is 0 Å². The molecule has 3 nitrogen and oxygen atoms in total. The number of carboxylic acid groups (broad SMARTS) is 1. The van der Waals surface area contributed by atoms with Crippen LogP contribution in [-0.2, 0) is 17.8 Å². The smallest absolute Gasteiger partial charge is 0.303 e. The van der Waals surface area contributed by atoms with E-state index in [0.717, 1.165) is 25.2 Å². The zero-order chi connectivity index (χ0) is 14.1. The molecule has 0 saturated heterocycles. The molecule has 0 spiro atoms. The van der Waals surface area contributed by atoms with Crippen LogP contribution in [0.3, 0.4) is 0 Å². The fourth-order valence-electron chi connectivity index (χ4n) is 2.30. The summed E-state index contributed by atoms with van der Waals surface area (Å²) >= 11 is 0. The number of rotatable bonds is 9. The van der Waals surface area contributed by atoms with Gasteiger partial charge < -0.3 is 5.11 Å². The highest BCUT2D eigenvalue weighted by atomic mass is 16.4. The highest BCUT2D eigenvalue weighted by molar-refractivity contribution is 5.67. The molecule has 0 aromatic heterocycles. The SMILES string of the molecule is CCCN(CCC)Cc1cccc(CCC(=O)O)c1. The Kier molecular flexibility index (Phi) is 7.19. The predicted molar refractivity (Wildman–Crippen MR) is 78.3 cm³/mol. The van der Waals surface area contributed by atoms with Crippen molar-refractivity contribution in [1.29, 1.82) is 0 Å². The lowest BCUT2D eigenvalue weighted by Gasteiger charge is -2.21. The van der Waals surface area contributed by atoms with Crippen LogP contribution in [0.1, 0.15) is 44.2 Å². The van der Waals surface area contributed by atoms with Crippen molar-refractivity contribution in [3.05, 3.63) is 35.4 Å². The molecule has 1 aromatic rings. The highest BCUT2D eigenvalue weighted by Crippen LogP contribution is 2.11. The maximum absolute atomic E-state index is 10.6. The van der Waals surface area contributed by atoms with E-state index in [4.69, 9.17) is 5.11 Å². The molecule has 0 aliphatic carbocycles. The van der Waals surface area contributed by atoms with Crippen LogP contribution in [0.2, 0.25) is 0 Å². The molecule has 1 aromatic carbocycles. The van der Waals surface area contributed by atoms with Gasteiger partial charge in [-0.05, 0) is 43.5 Å². The van der Waals surface area contributed by atoms with Crippen molar-refractivity contribution in [3.8, 4) is 0 Å². The normalized spacial score (nSPS) is 10.9. The van der Waals surface area contributed by atoms with Crippen molar-refractivity contribution in [2.24, 2.45) is 0 Å². The quantitative estimate of drug-likeness (QED) is 0.743. The van der Waals surface area contributed by atoms with Crippen LogP contribution in [0.5, 0.6) is 0 Å². The zero-order valence-electron chi connectivity index (χ0n) is 12.1. The number of carboxylic acids is 1. The summed E-state index contributed by atoms with van der Waals surface area (Å²) in [5.74, 6) is -0.732. The minimum absolute atomic E-state index is 0.205. The number of aliphatic carboxylic acids is 1. The summed E-state index contributed by atoms with van der Waals surface area (Å²) in [6.45, 7) is 7.60. The van der Waals surface area contributed by atoms with Gasteiger partial charge in [0.25, 0.3) is 0 Å². The molecule has 0 fully saturated rings. The topological polar surface area (TPSA) is 40.5 Å². The summed E-state index contributed by atoms with van der Waals surface area (Å²) in [4.78, 5) is 13.1. The second-order valence-electron chi connectivity index (χ2n) is 4.99. The molecule has 106 valence electrons. The van der Waals surface area contributed by atoms with Gasteiger partial charge in [-0.25, -0.2) is 0 Å². The second kappa shape index (κ2) is 8.70. The number of nitrogens with zero attached hydrogens (tertiary/aromatic N) is 1. The molecule has 0 atom stereocenters. The van der Waals surface area contributed by atoms with E-state index >= 15 is 0 Å². The number of hydrogen-bond acceptors (Lipinski definition) is 2. The Balaban J connectivity index is 2.61. The van der Waals surface area contributed by atoms with Gasteiger partial charge in [0.05, 0.1) is 0 Å². The van der Waals surface area contributed by atoms with Gasteiger partial charge in [0, 0.05) is 13.0 Å². The lowest BCUT2D eigenvalue weighted by Crippen LogP contribution is -2.24. The van der Waals surface area contributed by atoms with Crippen molar-refractivity contribution < 1.29 is 9.90 Å². The third-order valence-electron chi connectivity index (χ3n) is 3.10. The maximum Gasteiger partial charge on any atom is 0.303 e. The minimum Gasteiger partial charge on any atom is -0.481 e. The number of carbonyl (C=O) groups is 1. The Hall–Kier alpha value is -1.35. The molecule has 1 rings (SSSR count). The first-order valence-corrected chi connectivity index (χ1v) is 7.17. The molecule has 0 heterocycles. The molecule has 3 heteroatoms. The van der Waals surface area contributed by atoms with Crippen molar-refractivity contribution in [2.75, 3.05) is 13.1 Å². The van der Waals surface area contributed by atoms with Gasteiger partial charge in [-0.15, -0.1) is 0 Å². The van der Waals surface area contributed by atoms with Crippen molar-refractivity contribution in [3.63, 3.8) is 0 Å². The predicted octanol–water partition coefficient (Wildman–Crippen LogP) is 3.33. The lowest BCUT2D eigenvalue weighted by molar-refractivity contribution is -0.136. The number of aryl methyl sites for hydroxylation is 1. The summed E-state index contributed by atoms with van der Waals surface area (Å²) in [6, 6.07) is 8.31. The minimum atomic E-state index is -0.732. The van der Waals surface area contributed by atoms with Crippen LogP contribution in [-0.4, -0.2) is 29.1 Å². The van der Waals surface area contributed by atoms with Crippen molar-refractivity contribution in [1.82, 2.24) is 4.90 Å². The standard InChI is InChI=1S/C16H25NO2/c1-3-10-17(11-4-2)13-15-7-5-6-14(12-15)8-9-16(18)19/h5-7,12H,3-4,8-11,13H2,1-2H3,(H,18,19). The van der Waals surface area contributed by atoms with Crippen LogP contribution >= 0.6 is 0 Å². The number of benzene rings is 1. The van der Waals surface area contributed by atoms with Gasteiger partial charge in [-0.3, -0.25) is 9.69 Å². The van der Waals surface area contributed by atoms with E-state index < -0.39 is 5.97 Å². The Morgan fingerprint density at radius 2 is 1.79 bits per heavy atom. The highest BCUT2D eigenvalue weighted by Gasteiger charge is 2.05. The van der Waals surface area contributed by atoms with Crippen LogP contribution in [0.15, 0.2) is 24.3 Å². The second-order valence-corrected chi connectivity index (χ2v) is 4.99. The summed E-state index contributed by atoms with van der Waals surface area (Å²) in [5.41, 5.74) is 2.40. The Morgan fingerprint density at radius 1 is 1.16 bits per heavy atom. The molecule has 19 heavy (non-hydrogen) atoms. The molecular formula is C16H25NO2. The number of hydrogen-bond donors (Lipinski definition) is 1. The molecular weight excluding hydrogens is 238 g/mol. The third kappa shape index (κ3) is 6.39. The first-order chi connectivity index (χ1) is 9.15. The van der Waals surface area contributed by atoms with Crippen LogP contribution in [0, 0.1) is 0 Å². The van der Waals surface area contributed by atoms with Crippen molar-refractivity contribution in [2.45, 2.75) is 46.1 Å². The molecule has 0 bridgehead atoms. The summed E-state index contributed by atoms with van der Waals surface area (Å²) in [5, 5.41) is 8.72. The fraction of sp³-hybridized carbons (Fsp3) is 0.562. The molecule has 0 unspecified atom stereocenters. The molecule has 0 aliphatic rings. The largest absolute Gasteiger partial charge is 0.481 e. The van der Waals surface area contributed by atoms with E-state index in [9.17, 15) is 4.79 Å². The lowest BCUT2D eigenvalue weighted by atomic mass is 10.1. The average Bonchev–Trinajstić information content (AvgIpc) is 2.37. The summed E-state index contributed by atoms with van der Waals surface area (Å²) in [7, 11) is 0. The van der Waals surface area contributed by atoms with Gasteiger partial charge in [-0.2, -0.15) is 0 Å². The van der Waals surface area contributed by atoms with Crippen LogP contribution in [0.4, 0.5) is 0 Å². The zero-order valence-corrected chi connectivity index (χ0v) is 12.1. The van der Waals surface area contributed by atoms with E-state index in [1.165, 1.54) is 18.4 Å². The summed E-state index contributed by atoms with van der Waals surface area (Å²) in [6.07, 6.45) is 3.15. The van der Waals surface area contributed by atoms with E-state index in [0.29, 0.717) is 6.42 Å². The Bertz CT molecular complexity index is 384. The van der Waals surface area contributed by atoms with Crippen molar-refractivity contribution >= 4 is 5.97 Å². The van der Waals surface area contributed by atoms with Crippen LogP contribution in [0.25, 0.3) is 0 Å².